The summed E-state index contributed by atoms with van der Waals surface area (Å²) in [7, 11) is 0. The smallest absolute Gasteiger partial charge is 0.324 e. The van der Waals surface area contributed by atoms with Crippen LogP contribution in [0.5, 0.6) is 0 Å². The minimum absolute atomic E-state index is 0.189. The van der Waals surface area contributed by atoms with E-state index < -0.39 is 11.6 Å². The molecule has 3 heterocycles. The van der Waals surface area contributed by atoms with E-state index in [2.05, 4.69) is 15.1 Å². The zero-order chi connectivity index (χ0) is 18.8. The first kappa shape index (κ1) is 17.4. The van der Waals surface area contributed by atoms with E-state index in [0.717, 1.165) is 37.9 Å². The number of H-pyrrole nitrogens is 1. The van der Waals surface area contributed by atoms with E-state index in [0.29, 0.717) is 23.3 Å². The molecular formula is C19H18F2N4O2. The van der Waals surface area contributed by atoms with Crippen LogP contribution in [-0.4, -0.2) is 28.2 Å². The van der Waals surface area contributed by atoms with E-state index in [1.54, 1.807) is 18.3 Å². The molecule has 0 amide bonds. The predicted octanol–water partition coefficient (Wildman–Crippen LogP) is 3.16. The number of nitrogens with zero attached hydrogens (tertiary/aromatic N) is 3. The monoisotopic (exact) mass is 372 g/mol. The molecule has 0 bridgehead atoms. The van der Waals surface area contributed by atoms with E-state index in [4.69, 9.17) is 4.52 Å². The Morgan fingerprint density at radius 2 is 1.96 bits per heavy atom. The van der Waals surface area contributed by atoms with E-state index in [1.165, 1.54) is 18.2 Å². The summed E-state index contributed by atoms with van der Waals surface area (Å²) in [6.07, 6.45) is 4.06. The summed E-state index contributed by atoms with van der Waals surface area (Å²) < 4.78 is 31.7. The number of piperidine rings is 1. The fourth-order valence-electron chi connectivity index (χ4n) is 3.34. The van der Waals surface area contributed by atoms with Crippen LogP contribution in [-0.2, 0) is 6.42 Å². The van der Waals surface area contributed by atoms with Crippen molar-refractivity contribution in [2.45, 2.75) is 19.3 Å². The largest absolute Gasteiger partial charge is 0.328 e. The molecule has 0 saturated carbocycles. The van der Waals surface area contributed by atoms with Crippen molar-refractivity contribution >= 4 is 6.01 Å². The summed E-state index contributed by atoms with van der Waals surface area (Å²) in [6.45, 7) is 1.50. The molecule has 1 saturated heterocycles. The van der Waals surface area contributed by atoms with Gasteiger partial charge in [-0.25, -0.2) is 8.78 Å². The highest BCUT2D eigenvalue weighted by Gasteiger charge is 2.24. The van der Waals surface area contributed by atoms with Gasteiger partial charge in [0.1, 0.15) is 0 Å². The van der Waals surface area contributed by atoms with E-state index in [1.807, 2.05) is 4.90 Å². The predicted molar refractivity (Wildman–Crippen MR) is 95.4 cm³/mol. The third kappa shape index (κ3) is 3.89. The van der Waals surface area contributed by atoms with Crippen molar-refractivity contribution in [3.8, 4) is 11.4 Å². The molecule has 4 rings (SSSR count). The molecule has 27 heavy (non-hydrogen) atoms. The average Bonchev–Trinajstić information content (AvgIpc) is 3.16. The molecule has 0 aliphatic carbocycles. The Bertz CT molecular complexity index is 973. The standard InChI is InChI=1S/C19H18F2N4O2/c20-15-3-1-13(10-16(15)21)9-12-5-7-25(8-6-12)19-23-18(24-27-19)14-2-4-17(26)22-11-14/h1-4,10-12H,5-9H2,(H,22,26). The maximum atomic E-state index is 13.4. The van der Waals surface area contributed by atoms with Crippen LogP contribution >= 0.6 is 0 Å². The van der Waals surface area contributed by atoms with E-state index in [-0.39, 0.29) is 5.56 Å². The third-order valence-corrected chi connectivity index (χ3v) is 4.85. The maximum absolute atomic E-state index is 13.4. The lowest BCUT2D eigenvalue weighted by Gasteiger charge is -2.30. The number of benzene rings is 1. The molecule has 6 nitrogen and oxygen atoms in total. The van der Waals surface area contributed by atoms with Gasteiger partial charge in [0.05, 0.1) is 0 Å². The molecule has 1 N–H and O–H groups in total. The first-order chi connectivity index (χ1) is 13.1. The number of aromatic amines is 1. The lowest BCUT2D eigenvalue weighted by molar-refractivity contribution is 0.362. The Labute approximate surface area is 153 Å². The SMILES string of the molecule is O=c1ccc(-c2noc(N3CCC(Cc4ccc(F)c(F)c4)CC3)n2)c[nH]1. The molecule has 0 atom stereocenters. The zero-order valence-corrected chi connectivity index (χ0v) is 14.5. The van der Waals surface area contributed by atoms with Crippen molar-refractivity contribution in [1.29, 1.82) is 0 Å². The summed E-state index contributed by atoms with van der Waals surface area (Å²) in [5, 5.41) is 3.97. The Morgan fingerprint density at radius 3 is 2.67 bits per heavy atom. The second-order valence-electron chi connectivity index (χ2n) is 6.73. The number of halogens is 2. The fraction of sp³-hybridized carbons (Fsp3) is 0.316. The number of hydrogen-bond acceptors (Lipinski definition) is 5. The average molecular weight is 372 g/mol. The number of aromatic nitrogens is 3. The van der Waals surface area contributed by atoms with Gasteiger partial charge in [0.2, 0.25) is 11.4 Å². The Morgan fingerprint density at radius 1 is 1.15 bits per heavy atom. The van der Waals surface area contributed by atoms with Crippen molar-refractivity contribution < 1.29 is 13.3 Å². The van der Waals surface area contributed by atoms with Crippen LogP contribution in [0.15, 0.2) is 45.8 Å². The topological polar surface area (TPSA) is 75.0 Å². The Kier molecular flexibility index (Phi) is 4.70. The van der Waals surface area contributed by atoms with Crippen LogP contribution in [0, 0.1) is 17.6 Å². The van der Waals surface area contributed by atoms with Gasteiger partial charge in [-0.3, -0.25) is 4.79 Å². The second kappa shape index (κ2) is 7.30. The lowest BCUT2D eigenvalue weighted by Crippen LogP contribution is -2.34. The number of hydrogen-bond donors (Lipinski definition) is 1. The number of pyridine rings is 1. The van der Waals surface area contributed by atoms with Crippen molar-refractivity contribution in [1.82, 2.24) is 15.1 Å². The van der Waals surface area contributed by atoms with Crippen molar-refractivity contribution in [3.63, 3.8) is 0 Å². The molecule has 2 aromatic heterocycles. The molecule has 3 aromatic rings. The summed E-state index contributed by atoms with van der Waals surface area (Å²) in [5.74, 6) is -0.799. The van der Waals surface area contributed by atoms with Gasteiger partial charge in [0, 0.05) is 30.9 Å². The lowest BCUT2D eigenvalue weighted by atomic mass is 9.90. The highest BCUT2D eigenvalue weighted by Crippen LogP contribution is 2.26. The van der Waals surface area contributed by atoms with Gasteiger partial charge in [-0.2, -0.15) is 4.98 Å². The molecule has 1 aliphatic rings. The Balaban J connectivity index is 1.37. The van der Waals surface area contributed by atoms with Gasteiger partial charge < -0.3 is 14.4 Å². The fourth-order valence-corrected chi connectivity index (χ4v) is 3.34. The van der Waals surface area contributed by atoms with Crippen LogP contribution in [0.25, 0.3) is 11.4 Å². The number of anilines is 1. The second-order valence-corrected chi connectivity index (χ2v) is 6.73. The van der Waals surface area contributed by atoms with Gasteiger partial charge in [0.15, 0.2) is 11.6 Å². The van der Waals surface area contributed by atoms with Gasteiger partial charge in [-0.05, 0) is 48.9 Å². The normalized spacial score (nSPS) is 15.3. The van der Waals surface area contributed by atoms with Gasteiger partial charge in [-0.15, -0.1) is 0 Å². The van der Waals surface area contributed by atoms with Crippen LogP contribution in [0.3, 0.4) is 0 Å². The molecule has 8 heteroatoms. The van der Waals surface area contributed by atoms with Crippen molar-refractivity contribution in [3.05, 3.63) is 64.1 Å². The summed E-state index contributed by atoms with van der Waals surface area (Å²) in [6, 6.07) is 7.59. The van der Waals surface area contributed by atoms with Crippen LogP contribution in [0.4, 0.5) is 14.8 Å². The number of rotatable bonds is 4. The van der Waals surface area contributed by atoms with E-state index in [9.17, 15) is 13.6 Å². The van der Waals surface area contributed by atoms with Crippen molar-refractivity contribution in [2.24, 2.45) is 5.92 Å². The summed E-state index contributed by atoms with van der Waals surface area (Å²) >= 11 is 0. The quantitative estimate of drug-likeness (QED) is 0.761. The van der Waals surface area contributed by atoms with Crippen LogP contribution in [0.1, 0.15) is 18.4 Å². The van der Waals surface area contributed by atoms with Gasteiger partial charge in [-0.1, -0.05) is 11.2 Å². The highest BCUT2D eigenvalue weighted by atomic mass is 19.2. The summed E-state index contributed by atoms with van der Waals surface area (Å²) in [5.41, 5.74) is 1.30. The molecule has 0 unspecified atom stereocenters. The van der Waals surface area contributed by atoms with Gasteiger partial charge in [0.25, 0.3) is 0 Å². The molecule has 1 aromatic carbocycles. The molecular weight excluding hydrogens is 354 g/mol. The molecule has 140 valence electrons. The molecule has 1 aliphatic heterocycles. The highest BCUT2D eigenvalue weighted by molar-refractivity contribution is 5.53. The summed E-state index contributed by atoms with van der Waals surface area (Å²) in [4.78, 5) is 20.1. The molecule has 1 fully saturated rings. The minimum Gasteiger partial charge on any atom is -0.328 e. The zero-order valence-electron chi connectivity index (χ0n) is 14.5. The maximum Gasteiger partial charge on any atom is 0.324 e. The molecule has 0 spiro atoms. The number of nitrogens with one attached hydrogen (secondary N) is 1. The van der Waals surface area contributed by atoms with Crippen LogP contribution < -0.4 is 10.5 Å². The third-order valence-electron chi connectivity index (χ3n) is 4.85. The first-order valence-corrected chi connectivity index (χ1v) is 8.80. The Hall–Kier alpha value is -3.03. The van der Waals surface area contributed by atoms with Gasteiger partial charge >= 0.3 is 6.01 Å². The minimum atomic E-state index is -0.816. The van der Waals surface area contributed by atoms with E-state index >= 15 is 0 Å². The van der Waals surface area contributed by atoms with Crippen LogP contribution in [0.2, 0.25) is 0 Å². The first-order valence-electron chi connectivity index (χ1n) is 8.80. The van der Waals surface area contributed by atoms with Crippen molar-refractivity contribution in [2.75, 3.05) is 18.0 Å². The molecule has 0 radical (unpaired) electrons.